The van der Waals surface area contributed by atoms with Crippen molar-refractivity contribution in [3.63, 3.8) is 0 Å². The second-order valence-corrected chi connectivity index (χ2v) is 6.48. The molecular weight excluding hydrogens is 363 g/mol. The Hall–Kier alpha value is -3.19. The molecule has 1 saturated heterocycles. The lowest BCUT2D eigenvalue weighted by Crippen LogP contribution is -2.40. The van der Waals surface area contributed by atoms with Gasteiger partial charge in [0.15, 0.2) is 0 Å². The predicted octanol–water partition coefficient (Wildman–Crippen LogP) is 2.45. The van der Waals surface area contributed by atoms with Crippen LogP contribution in [-0.2, 0) is 14.3 Å². The Morgan fingerprint density at radius 1 is 1.00 bits per heavy atom. The first kappa shape index (κ1) is 18.2. The normalized spacial score (nSPS) is 17.5. The molecule has 28 heavy (non-hydrogen) atoms. The van der Waals surface area contributed by atoms with Crippen LogP contribution in [0.1, 0.15) is 5.56 Å². The average Bonchev–Trinajstić information content (AvgIpc) is 2.99. The van der Waals surface area contributed by atoms with E-state index in [0.29, 0.717) is 49.0 Å². The van der Waals surface area contributed by atoms with Gasteiger partial charge in [-0.2, -0.15) is 0 Å². The van der Waals surface area contributed by atoms with Crippen LogP contribution in [0.15, 0.2) is 54.2 Å². The second-order valence-electron chi connectivity index (χ2n) is 6.48. The predicted molar refractivity (Wildman–Crippen MR) is 101 cm³/mol. The summed E-state index contributed by atoms with van der Waals surface area (Å²) in [4.78, 5) is 29.6. The number of anilines is 1. The van der Waals surface area contributed by atoms with Gasteiger partial charge in [0.1, 0.15) is 17.3 Å². The zero-order chi connectivity index (χ0) is 19.7. The van der Waals surface area contributed by atoms with Gasteiger partial charge in [0.05, 0.1) is 31.6 Å². The van der Waals surface area contributed by atoms with Gasteiger partial charge in [0.2, 0.25) is 0 Å². The van der Waals surface area contributed by atoms with Crippen LogP contribution in [0, 0.1) is 5.82 Å². The molecular formula is C21H19FN2O4. The third-order valence-electron chi connectivity index (χ3n) is 4.83. The van der Waals surface area contributed by atoms with Crippen molar-refractivity contribution in [2.75, 3.05) is 38.3 Å². The van der Waals surface area contributed by atoms with Gasteiger partial charge in [0, 0.05) is 19.2 Å². The maximum absolute atomic E-state index is 13.4. The van der Waals surface area contributed by atoms with Crippen LogP contribution in [0.3, 0.4) is 0 Å². The van der Waals surface area contributed by atoms with E-state index in [1.807, 2.05) is 4.90 Å². The monoisotopic (exact) mass is 382 g/mol. The van der Waals surface area contributed by atoms with Crippen LogP contribution in [0.4, 0.5) is 10.1 Å². The van der Waals surface area contributed by atoms with Gasteiger partial charge in [-0.15, -0.1) is 0 Å². The second kappa shape index (κ2) is 7.44. The number of hydrogen-bond acceptors (Lipinski definition) is 5. The molecule has 0 aromatic heterocycles. The molecule has 0 unspecified atom stereocenters. The molecule has 0 radical (unpaired) electrons. The smallest absolute Gasteiger partial charge is 0.282 e. The fourth-order valence-electron chi connectivity index (χ4n) is 3.46. The van der Waals surface area contributed by atoms with E-state index in [0.717, 1.165) is 4.90 Å². The number of carbonyl (C=O) groups excluding carboxylic acids is 2. The lowest BCUT2D eigenvalue weighted by atomic mass is 10.0. The first-order chi connectivity index (χ1) is 13.6. The van der Waals surface area contributed by atoms with E-state index < -0.39 is 17.6 Å². The summed E-state index contributed by atoms with van der Waals surface area (Å²) < 4.78 is 24.0. The number of imide groups is 1. The van der Waals surface area contributed by atoms with Gasteiger partial charge >= 0.3 is 0 Å². The summed E-state index contributed by atoms with van der Waals surface area (Å²) >= 11 is 0. The van der Waals surface area contributed by atoms with Gasteiger partial charge in [-0.3, -0.25) is 9.59 Å². The maximum atomic E-state index is 13.4. The van der Waals surface area contributed by atoms with E-state index in [1.165, 1.54) is 31.4 Å². The van der Waals surface area contributed by atoms with Crippen molar-refractivity contribution in [1.29, 1.82) is 0 Å². The molecule has 0 atom stereocenters. The third kappa shape index (κ3) is 3.14. The first-order valence-corrected chi connectivity index (χ1v) is 8.96. The van der Waals surface area contributed by atoms with Crippen LogP contribution in [-0.4, -0.2) is 50.1 Å². The standard InChI is InChI=1S/C21H19FN2O4/c1-27-17-4-2-3-16(13-17)24-20(25)18(14-5-7-15(22)8-6-14)19(21(24)26)23-9-11-28-12-10-23/h2-8,13H,9-12H2,1H3. The number of hydrogen-bond donors (Lipinski definition) is 0. The van der Waals surface area contributed by atoms with Crippen molar-refractivity contribution in [1.82, 2.24) is 4.90 Å². The number of amides is 2. The summed E-state index contributed by atoms with van der Waals surface area (Å²) in [6, 6.07) is 12.4. The van der Waals surface area contributed by atoms with Gasteiger partial charge in [-0.1, -0.05) is 18.2 Å². The lowest BCUT2D eigenvalue weighted by molar-refractivity contribution is -0.121. The average molecular weight is 382 g/mol. The Morgan fingerprint density at radius 3 is 2.39 bits per heavy atom. The van der Waals surface area contributed by atoms with Gasteiger partial charge in [0.25, 0.3) is 11.8 Å². The summed E-state index contributed by atoms with van der Waals surface area (Å²) in [5.74, 6) is -0.703. The highest BCUT2D eigenvalue weighted by molar-refractivity contribution is 6.45. The Kier molecular flexibility index (Phi) is 4.83. The van der Waals surface area contributed by atoms with Crippen molar-refractivity contribution >= 4 is 23.1 Å². The van der Waals surface area contributed by atoms with Gasteiger partial charge < -0.3 is 14.4 Å². The van der Waals surface area contributed by atoms with Crippen molar-refractivity contribution < 1.29 is 23.5 Å². The Morgan fingerprint density at radius 2 is 1.71 bits per heavy atom. The summed E-state index contributed by atoms with van der Waals surface area (Å²) in [6.07, 6.45) is 0. The Balaban J connectivity index is 1.81. The molecule has 2 aliphatic heterocycles. The summed E-state index contributed by atoms with van der Waals surface area (Å²) in [6.45, 7) is 1.96. The quantitative estimate of drug-likeness (QED) is 0.761. The molecule has 144 valence electrons. The van der Waals surface area contributed by atoms with Crippen LogP contribution < -0.4 is 9.64 Å². The van der Waals surface area contributed by atoms with Crippen LogP contribution in [0.25, 0.3) is 5.57 Å². The molecule has 2 aromatic rings. The van der Waals surface area contributed by atoms with Crippen molar-refractivity contribution in [2.24, 2.45) is 0 Å². The molecule has 0 aliphatic carbocycles. The van der Waals surface area contributed by atoms with E-state index in [1.54, 1.807) is 24.3 Å². The summed E-state index contributed by atoms with van der Waals surface area (Å²) in [5, 5.41) is 0. The number of methoxy groups -OCH3 is 1. The summed E-state index contributed by atoms with van der Waals surface area (Å²) in [5.41, 5.74) is 1.53. The van der Waals surface area contributed by atoms with E-state index in [2.05, 4.69) is 0 Å². The largest absolute Gasteiger partial charge is 0.497 e. The first-order valence-electron chi connectivity index (χ1n) is 8.96. The number of ether oxygens (including phenoxy) is 2. The Bertz CT molecular complexity index is 949. The number of morpholine rings is 1. The van der Waals surface area contributed by atoms with E-state index in [9.17, 15) is 14.0 Å². The zero-order valence-electron chi connectivity index (χ0n) is 15.4. The zero-order valence-corrected chi connectivity index (χ0v) is 15.4. The molecule has 2 heterocycles. The molecule has 0 saturated carbocycles. The van der Waals surface area contributed by atoms with Crippen molar-refractivity contribution in [3.8, 4) is 5.75 Å². The number of carbonyl (C=O) groups is 2. The highest BCUT2D eigenvalue weighted by atomic mass is 19.1. The molecule has 1 fully saturated rings. The molecule has 7 heteroatoms. The molecule has 0 N–H and O–H groups in total. The lowest BCUT2D eigenvalue weighted by Gasteiger charge is -2.29. The highest BCUT2D eigenvalue weighted by Gasteiger charge is 2.42. The topological polar surface area (TPSA) is 59.1 Å². The highest BCUT2D eigenvalue weighted by Crippen LogP contribution is 2.36. The van der Waals surface area contributed by atoms with Crippen LogP contribution in [0.2, 0.25) is 0 Å². The minimum Gasteiger partial charge on any atom is -0.497 e. The SMILES string of the molecule is COc1cccc(N2C(=O)C(c3ccc(F)cc3)=C(N3CCOCC3)C2=O)c1. The maximum Gasteiger partial charge on any atom is 0.282 e. The van der Waals surface area contributed by atoms with Crippen molar-refractivity contribution in [3.05, 3.63) is 65.6 Å². The number of benzene rings is 2. The van der Waals surface area contributed by atoms with E-state index >= 15 is 0 Å². The summed E-state index contributed by atoms with van der Waals surface area (Å²) in [7, 11) is 1.52. The van der Waals surface area contributed by atoms with E-state index in [-0.39, 0.29) is 5.57 Å². The minimum atomic E-state index is -0.439. The van der Waals surface area contributed by atoms with E-state index in [4.69, 9.17) is 9.47 Å². The van der Waals surface area contributed by atoms with Crippen molar-refractivity contribution in [2.45, 2.75) is 0 Å². The van der Waals surface area contributed by atoms with Crippen LogP contribution in [0.5, 0.6) is 5.75 Å². The molecule has 4 rings (SSSR count). The van der Waals surface area contributed by atoms with Crippen LogP contribution >= 0.6 is 0 Å². The molecule has 2 aliphatic rings. The Labute approximate surface area is 161 Å². The number of rotatable bonds is 4. The molecule has 0 spiro atoms. The van der Waals surface area contributed by atoms with Gasteiger partial charge in [-0.05, 0) is 29.8 Å². The molecule has 2 amide bonds. The molecule has 2 aromatic carbocycles. The molecule has 6 nitrogen and oxygen atoms in total. The third-order valence-corrected chi connectivity index (χ3v) is 4.83. The number of nitrogens with zero attached hydrogens (tertiary/aromatic N) is 2. The minimum absolute atomic E-state index is 0.273. The number of halogens is 1. The van der Waals surface area contributed by atoms with Gasteiger partial charge in [-0.25, -0.2) is 9.29 Å². The fraction of sp³-hybridized carbons (Fsp3) is 0.238. The fourth-order valence-corrected chi connectivity index (χ4v) is 3.46. The molecule has 0 bridgehead atoms.